The van der Waals surface area contributed by atoms with E-state index in [4.69, 9.17) is 10.5 Å². The molecular weight excluding hydrogens is 386 g/mol. The number of primary amides is 1. The lowest BCUT2D eigenvalue weighted by atomic mass is 9.95. The molecule has 0 aliphatic heterocycles. The second-order valence-corrected chi connectivity index (χ2v) is 7.93. The van der Waals surface area contributed by atoms with Crippen molar-refractivity contribution in [3.8, 4) is 11.8 Å². The van der Waals surface area contributed by atoms with Gasteiger partial charge in [-0.15, -0.1) is 11.3 Å². The number of anilines is 1. The molecule has 0 atom stereocenters. The van der Waals surface area contributed by atoms with Crippen LogP contribution in [-0.2, 0) is 17.6 Å². The number of amides is 2. The summed E-state index contributed by atoms with van der Waals surface area (Å²) < 4.78 is 5.54. The number of carbonyl (C=O) groups excluding carboxylic acids is 2. The summed E-state index contributed by atoms with van der Waals surface area (Å²) in [7, 11) is 0. The normalized spacial score (nSPS) is 13.3. The molecule has 1 aliphatic carbocycles. The van der Waals surface area contributed by atoms with Gasteiger partial charge >= 0.3 is 0 Å². The third kappa shape index (κ3) is 4.84. The highest BCUT2D eigenvalue weighted by molar-refractivity contribution is 7.17. The summed E-state index contributed by atoms with van der Waals surface area (Å²) in [5.74, 6) is -0.369. The van der Waals surface area contributed by atoms with Gasteiger partial charge in [-0.05, 0) is 61.4 Å². The summed E-state index contributed by atoms with van der Waals surface area (Å²) in [6.07, 6.45) is 6.15. The fourth-order valence-electron chi connectivity index (χ4n) is 3.28. The zero-order valence-corrected chi connectivity index (χ0v) is 17.1. The van der Waals surface area contributed by atoms with Gasteiger partial charge < -0.3 is 15.8 Å². The van der Waals surface area contributed by atoms with Gasteiger partial charge in [0.05, 0.1) is 12.2 Å². The highest BCUT2D eigenvalue weighted by atomic mass is 32.1. The van der Waals surface area contributed by atoms with Gasteiger partial charge in [0.2, 0.25) is 0 Å². The summed E-state index contributed by atoms with van der Waals surface area (Å²) >= 11 is 1.38. The Hall–Kier alpha value is -3.11. The number of thiophene rings is 1. The second-order valence-electron chi connectivity index (χ2n) is 6.82. The van der Waals surface area contributed by atoms with Crippen LogP contribution in [-0.4, -0.2) is 18.4 Å². The van der Waals surface area contributed by atoms with Crippen LogP contribution in [0.3, 0.4) is 0 Å². The number of ether oxygens (including phenoxy) is 1. The molecule has 0 spiro atoms. The van der Waals surface area contributed by atoms with Crippen molar-refractivity contribution in [2.75, 3.05) is 11.9 Å². The van der Waals surface area contributed by atoms with E-state index in [2.05, 4.69) is 5.32 Å². The number of nitrogens with one attached hydrogen (secondary N) is 1. The fraction of sp³-hybridized carbons (Fsp3) is 0.318. The fourth-order valence-corrected chi connectivity index (χ4v) is 4.57. The third-order valence-corrected chi connectivity index (χ3v) is 5.88. The minimum absolute atomic E-state index is 0.0472. The van der Waals surface area contributed by atoms with Gasteiger partial charge in [-0.1, -0.05) is 19.1 Å². The van der Waals surface area contributed by atoms with E-state index in [1.165, 1.54) is 17.4 Å². The number of hydrogen-bond acceptors (Lipinski definition) is 5. The Balaban J connectivity index is 1.80. The molecule has 0 unspecified atom stereocenters. The van der Waals surface area contributed by atoms with Crippen LogP contribution in [0.4, 0.5) is 5.00 Å². The number of hydrogen-bond donors (Lipinski definition) is 2. The first-order valence-corrected chi connectivity index (χ1v) is 10.5. The van der Waals surface area contributed by atoms with Crippen molar-refractivity contribution in [2.24, 2.45) is 5.73 Å². The van der Waals surface area contributed by atoms with Crippen LogP contribution >= 0.6 is 11.3 Å². The lowest BCUT2D eigenvalue weighted by Gasteiger charge is -2.11. The molecule has 0 saturated heterocycles. The van der Waals surface area contributed by atoms with Crippen LogP contribution in [0.15, 0.2) is 29.8 Å². The van der Waals surface area contributed by atoms with E-state index in [-0.39, 0.29) is 5.57 Å². The van der Waals surface area contributed by atoms with Gasteiger partial charge in [-0.25, -0.2) is 0 Å². The summed E-state index contributed by atoms with van der Waals surface area (Å²) in [4.78, 5) is 25.7. The van der Waals surface area contributed by atoms with Crippen molar-refractivity contribution in [1.82, 2.24) is 0 Å². The van der Waals surface area contributed by atoms with Gasteiger partial charge in [0, 0.05) is 4.88 Å². The molecule has 3 rings (SSSR count). The largest absolute Gasteiger partial charge is 0.494 e. The number of benzene rings is 1. The number of aryl methyl sites for hydroxylation is 1. The minimum atomic E-state index is -0.556. The van der Waals surface area contributed by atoms with Gasteiger partial charge in [0.15, 0.2) is 0 Å². The smallest absolute Gasteiger partial charge is 0.266 e. The standard InChI is InChI=1S/C22H23N3O3S/c1-2-11-28-16-9-7-14(8-10-16)12-15(13-23)21(27)25-22-19(20(24)26)17-5-3-4-6-18(17)29-22/h7-10,12H,2-6,11H2,1H3,(H2,24,26)(H,25,27). The summed E-state index contributed by atoms with van der Waals surface area (Å²) in [6, 6.07) is 9.11. The Morgan fingerprint density at radius 3 is 2.66 bits per heavy atom. The maximum absolute atomic E-state index is 12.7. The van der Waals surface area contributed by atoms with Gasteiger partial charge in [-0.3, -0.25) is 9.59 Å². The topological polar surface area (TPSA) is 105 Å². The molecular formula is C22H23N3O3S. The van der Waals surface area contributed by atoms with Crippen LogP contribution in [0, 0.1) is 11.3 Å². The van der Waals surface area contributed by atoms with Crippen LogP contribution in [0.1, 0.15) is 52.5 Å². The van der Waals surface area contributed by atoms with Crippen molar-refractivity contribution >= 4 is 34.2 Å². The number of carbonyl (C=O) groups is 2. The van der Waals surface area contributed by atoms with Crippen LogP contribution < -0.4 is 15.8 Å². The molecule has 150 valence electrons. The molecule has 7 heteroatoms. The quantitative estimate of drug-likeness (QED) is 0.531. The van der Waals surface area contributed by atoms with E-state index in [0.717, 1.165) is 48.3 Å². The maximum Gasteiger partial charge on any atom is 0.266 e. The highest BCUT2D eigenvalue weighted by Crippen LogP contribution is 2.38. The Morgan fingerprint density at radius 1 is 1.28 bits per heavy atom. The second kappa shape index (κ2) is 9.39. The van der Waals surface area contributed by atoms with Crippen LogP contribution in [0.5, 0.6) is 5.75 Å². The number of nitrogens with two attached hydrogens (primary N) is 1. The zero-order valence-electron chi connectivity index (χ0n) is 16.3. The summed E-state index contributed by atoms with van der Waals surface area (Å²) in [6.45, 7) is 2.66. The molecule has 0 fully saturated rings. The SMILES string of the molecule is CCCOc1ccc(C=C(C#N)C(=O)Nc2sc3c(c2C(N)=O)CCCC3)cc1. The maximum atomic E-state index is 12.7. The van der Waals surface area contributed by atoms with Crippen molar-refractivity contribution in [3.05, 3.63) is 51.4 Å². The van der Waals surface area contributed by atoms with E-state index in [9.17, 15) is 14.9 Å². The molecule has 0 saturated carbocycles. The molecule has 29 heavy (non-hydrogen) atoms. The average molecular weight is 410 g/mol. The van der Waals surface area contributed by atoms with E-state index >= 15 is 0 Å². The molecule has 0 bridgehead atoms. The van der Waals surface area contributed by atoms with Crippen LogP contribution in [0.2, 0.25) is 0 Å². The Kier molecular flexibility index (Phi) is 6.68. The first-order chi connectivity index (χ1) is 14.0. The van der Waals surface area contributed by atoms with E-state index in [0.29, 0.717) is 22.7 Å². The lowest BCUT2D eigenvalue weighted by Crippen LogP contribution is -2.19. The highest BCUT2D eigenvalue weighted by Gasteiger charge is 2.25. The van der Waals surface area contributed by atoms with Crippen molar-refractivity contribution in [3.63, 3.8) is 0 Å². The van der Waals surface area contributed by atoms with Crippen molar-refractivity contribution < 1.29 is 14.3 Å². The van der Waals surface area contributed by atoms with E-state index in [1.807, 2.05) is 13.0 Å². The van der Waals surface area contributed by atoms with Crippen molar-refractivity contribution in [2.45, 2.75) is 39.0 Å². The molecule has 6 nitrogen and oxygen atoms in total. The van der Waals surface area contributed by atoms with Gasteiger partial charge in [0.25, 0.3) is 11.8 Å². The minimum Gasteiger partial charge on any atom is -0.494 e. The average Bonchev–Trinajstić information content (AvgIpc) is 3.09. The first-order valence-electron chi connectivity index (χ1n) is 9.63. The van der Waals surface area contributed by atoms with E-state index < -0.39 is 11.8 Å². The number of nitrogens with zero attached hydrogens (tertiary/aromatic N) is 1. The molecule has 3 N–H and O–H groups in total. The summed E-state index contributed by atoms with van der Waals surface area (Å²) in [5, 5.41) is 12.6. The predicted molar refractivity (Wildman–Crippen MR) is 114 cm³/mol. The molecule has 2 aromatic rings. The molecule has 0 radical (unpaired) electrons. The molecule has 1 aromatic carbocycles. The van der Waals surface area contributed by atoms with Gasteiger partial charge in [0.1, 0.15) is 22.4 Å². The third-order valence-electron chi connectivity index (χ3n) is 4.67. The number of nitriles is 1. The monoisotopic (exact) mass is 409 g/mol. The summed E-state index contributed by atoms with van der Waals surface area (Å²) in [5.41, 5.74) is 7.55. The van der Waals surface area contributed by atoms with Crippen LogP contribution in [0.25, 0.3) is 6.08 Å². The number of rotatable bonds is 7. The Morgan fingerprint density at radius 2 is 2.00 bits per heavy atom. The molecule has 2 amide bonds. The predicted octanol–water partition coefficient (Wildman–Crippen LogP) is 4.06. The Labute approximate surface area is 174 Å². The molecule has 1 aromatic heterocycles. The molecule has 1 heterocycles. The zero-order chi connectivity index (χ0) is 20.8. The lowest BCUT2D eigenvalue weighted by molar-refractivity contribution is -0.112. The van der Waals surface area contributed by atoms with E-state index in [1.54, 1.807) is 24.3 Å². The van der Waals surface area contributed by atoms with Gasteiger partial charge in [-0.2, -0.15) is 5.26 Å². The molecule has 1 aliphatic rings. The Bertz CT molecular complexity index is 984. The number of fused-ring (bicyclic) bond motifs is 1. The first kappa shape index (κ1) is 20.6. The van der Waals surface area contributed by atoms with Crippen molar-refractivity contribution in [1.29, 1.82) is 5.26 Å².